The van der Waals surface area contributed by atoms with Gasteiger partial charge in [-0.25, -0.2) is 4.99 Å². The molecule has 0 bridgehead atoms. The molecule has 1 N–H and O–H groups in total. The fraction of sp³-hybridized carbons (Fsp3) is 0.250. The largest absolute Gasteiger partial charge is 0.441 e. The summed E-state index contributed by atoms with van der Waals surface area (Å²) in [7, 11) is 0. The average Bonchev–Trinajstić information content (AvgIpc) is 3.41. The normalized spacial score (nSPS) is 26.5. The number of nitrogens with zero attached hydrogens (tertiary/aromatic N) is 1. The number of rotatable bonds is 2. The monoisotopic (exact) mass is 431 g/mol. The molecule has 0 saturated heterocycles. The molecule has 122 valence electrons. The Morgan fingerprint density at radius 1 is 1.00 bits per heavy atom. The number of aliphatic imine (C=N–C) groups is 1. The van der Waals surface area contributed by atoms with Gasteiger partial charge in [-0.3, -0.25) is 0 Å². The van der Waals surface area contributed by atoms with Crippen LogP contribution in [0.15, 0.2) is 69.2 Å². The van der Waals surface area contributed by atoms with E-state index in [9.17, 15) is 5.11 Å². The van der Waals surface area contributed by atoms with Gasteiger partial charge in [-0.2, -0.15) is 0 Å². The van der Waals surface area contributed by atoms with Gasteiger partial charge in [0.2, 0.25) is 5.90 Å². The van der Waals surface area contributed by atoms with E-state index in [1.807, 2.05) is 67.6 Å². The minimum atomic E-state index is -0.968. The van der Waals surface area contributed by atoms with E-state index >= 15 is 0 Å². The Kier molecular flexibility index (Phi) is 3.77. The Bertz CT molecular complexity index is 821. The van der Waals surface area contributed by atoms with E-state index in [0.717, 1.165) is 27.7 Å². The van der Waals surface area contributed by atoms with Gasteiger partial charge >= 0.3 is 0 Å². The number of hydrogen-bond donors (Lipinski definition) is 1. The van der Waals surface area contributed by atoms with Crippen LogP contribution < -0.4 is 0 Å². The summed E-state index contributed by atoms with van der Waals surface area (Å²) in [5, 5.41) is 11.3. The van der Waals surface area contributed by atoms with Crippen molar-refractivity contribution < 1.29 is 9.84 Å². The third-order valence-corrected chi connectivity index (χ3v) is 6.48. The van der Waals surface area contributed by atoms with Crippen LogP contribution >= 0.6 is 22.6 Å². The van der Waals surface area contributed by atoms with Gasteiger partial charge in [0.25, 0.3) is 0 Å². The molecule has 0 radical (unpaired) electrons. The first-order valence-electron chi connectivity index (χ1n) is 8.05. The van der Waals surface area contributed by atoms with Gasteiger partial charge in [-0.05, 0) is 54.5 Å². The molecule has 2 aromatic carbocycles. The highest BCUT2D eigenvalue weighted by molar-refractivity contribution is 14.1. The topological polar surface area (TPSA) is 41.8 Å². The highest BCUT2D eigenvalue weighted by atomic mass is 127. The number of benzene rings is 2. The summed E-state index contributed by atoms with van der Waals surface area (Å²) in [5.74, 6) is 1.33. The Morgan fingerprint density at radius 3 is 2.17 bits per heavy atom. The summed E-state index contributed by atoms with van der Waals surface area (Å²) >= 11 is 2.22. The number of halogens is 1. The molecule has 0 amide bonds. The Morgan fingerprint density at radius 2 is 1.58 bits per heavy atom. The first-order chi connectivity index (χ1) is 11.5. The minimum absolute atomic E-state index is 0.405. The van der Waals surface area contributed by atoms with E-state index in [-0.39, 0.29) is 0 Å². The van der Waals surface area contributed by atoms with Crippen molar-refractivity contribution >= 4 is 39.9 Å². The lowest BCUT2D eigenvalue weighted by atomic mass is 9.82. The fourth-order valence-corrected chi connectivity index (χ4v) is 4.17. The van der Waals surface area contributed by atoms with E-state index in [1.54, 1.807) is 0 Å². The zero-order chi connectivity index (χ0) is 16.8. The zero-order valence-electron chi connectivity index (χ0n) is 13.4. The molecule has 1 aliphatic heterocycles. The first kappa shape index (κ1) is 15.8. The lowest BCUT2D eigenvalue weighted by molar-refractivity contribution is 0.0457. The summed E-state index contributed by atoms with van der Waals surface area (Å²) in [6.45, 7) is 1.88. The number of aliphatic hydroxyl groups is 1. The van der Waals surface area contributed by atoms with Crippen molar-refractivity contribution in [1.29, 1.82) is 0 Å². The van der Waals surface area contributed by atoms with Crippen LogP contribution in [0.25, 0.3) is 5.76 Å². The summed E-state index contributed by atoms with van der Waals surface area (Å²) in [4.78, 5) is 4.74. The molecule has 1 aliphatic carbocycles. The van der Waals surface area contributed by atoms with Crippen LogP contribution in [0.4, 0.5) is 5.69 Å². The molecule has 3 nitrogen and oxygen atoms in total. The molecular weight excluding hydrogens is 413 g/mol. The highest BCUT2D eigenvalue weighted by Crippen LogP contribution is 2.63. The number of hydrogen-bond acceptors (Lipinski definition) is 3. The Hall–Kier alpha value is -1.66. The molecule has 4 rings (SSSR count). The summed E-state index contributed by atoms with van der Waals surface area (Å²) < 4.78 is 7.11. The molecule has 4 heteroatoms. The molecule has 1 atom stereocenters. The summed E-state index contributed by atoms with van der Waals surface area (Å²) in [5.41, 5.74) is 0.430. The van der Waals surface area contributed by atoms with Crippen molar-refractivity contribution in [2.24, 2.45) is 10.4 Å². The van der Waals surface area contributed by atoms with E-state index in [2.05, 4.69) is 22.6 Å². The summed E-state index contributed by atoms with van der Waals surface area (Å²) in [6, 6.07) is 19.7. The van der Waals surface area contributed by atoms with Gasteiger partial charge in [0.1, 0.15) is 11.4 Å². The van der Waals surface area contributed by atoms with Crippen LogP contribution in [0, 0.1) is 5.41 Å². The third kappa shape index (κ3) is 2.40. The van der Waals surface area contributed by atoms with Gasteiger partial charge in [0.05, 0.1) is 14.7 Å². The van der Waals surface area contributed by atoms with Gasteiger partial charge in [-0.1, -0.05) is 48.5 Å². The molecule has 1 spiro atoms. The van der Waals surface area contributed by atoms with Gasteiger partial charge in [0, 0.05) is 5.56 Å². The maximum absolute atomic E-state index is 11.3. The van der Waals surface area contributed by atoms with Crippen LogP contribution in [-0.2, 0) is 4.74 Å². The zero-order valence-corrected chi connectivity index (χ0v) is 15.5. The standard InChI is InChI=1S/C20H18INO2/c1-19(23)17(21)16(14-8-4-2-5-9-14)24-18(20(19)12-13-20)22-15-10-6-3-7-11-15/h2-11,23H,12-13H2,1H3. The van der Waals surface area contributed by atoms with Crippen LogP contribution in [0.3, 0.4) is 0 Å². The van der Waals surface area contributed by atoms with Crippen molar-refractivity contribution in [3.63, 3.8) is 0 Å². The maximum atomic E-state index is 11.3. The van der Waals surface area contributed by atoms with Crippen LogP contribution in [-0.4, -0.2) is 16.6 Å². The van der Waals surface area contributed by atoms with Crippen molar-refractivity contribution in [3.05, 3.63) is 69.8 Å². The maximum Gasteiger partial charge on any atom is 0.204 e. The van der Waals surface area contributed by atoms with E-state index in [0.29, 0.717) is 11.7 Å². The SMILES string of the molecule is CC1(O)C(I)=C(c2ccccc2)OC(=Nc2ccccc2)C12CC2. The molecule has 1 saturated carbocycles. The van der Waals surface area contributed by atoms with Crippen molar-refractivity contribution in [2.45, 2.75) is 25.4 Å². The molecule has 1 heterocycles. The summed E-state index contributed by atoms with van der Waals surface area (Å²) in [6.07, 6.45) is 1.78. The average molecular weight is 431 g/mol. The fourth-order valence-electron chi connectivity index (χ4n) is 3.23. The van der Waals surface area contributed by atoms with Gasteiger partial charge in [-0.15, -0.1) is 0 Å². The second-order valence-electron chi connectivity index (χ2n) is 6.52. The second-order valence-corrected chi connectivity index (χ2v) is 7.60. The molecule has 24 heavy (non-hydrogen) atoms. The van der Waals surface area contributed by atoms with Crippen molar-refractivity contribution in [1.82, 2.24) is 0 Å². The van der Waals surface area contributed by atoms with Crippen LogP contribution in [0.5, 0.6) is 0 Å². The van der Waals surface area contributed by atoms with Gasteiger partial charge in [0.15, 0.2) is 0 Å². The predicted molar refractivity (Wildman–Crippen MR) is 104 cm³/mol. The van der Waals surface area contributed by atoms with E-state index < -0.39 is 11.0 Å². The van der Waals surface area contributed by atoms with Crippen molar-refractivity contribution in [3.8, 4) is 0 Å². The number of ether oxygens (including phenoxy) is 1. The third-order valence-electron chi connectivity index (χ3n) is 4.94. The molecule has 1 fully saturated rings. The molecular formula is C20H18INO2. The first-order valence-corrected chi connectivity index (χ1v) is 9.13. The van der Waals surface area contributed by atoms with Crippen molar-refractivity contribution in [2.75, 3.05) is 0 Å². The highest BCUT2D eigenvalue weighted by Gasteiger charge is 2.65. The Labute approximate surface area is 155 Å². The van der Waals surface area contributed by atoms with E-state index in [1.165, 1.54) is 0 Å². The second kappa shape index (κ2) is 5.70. The van der Waals surface area contributed by atoms with Gasteiger partial charge < -0.3 is 9.84 Å². The minimum Gasteiger partial charge on any atom is -0.441 e. The Balaban J connectivity index is 1.85. The number of para-hydroxylation sites is 1. The van der Waals surface area contributed by atoms with Crippen LogP contribution in [0.2, 0.25) is 0 Å². The lowest BCUT2D eigenvalue weighted by Gasteiger charge is -2.39. The quantitative estimate of drug-likeness (QED) is 0.674. The predicted octanol–water partition coefficient (Wildman–Crippen LogP) is 5.08. The molecule has 2 aromatic rings. The molecule has 1 unspecified atom stereocenters. The van der Waals surface area contributed by atoms with E-state index in [4.69, 9.17) is 9.73 Å². The smallest absolute Gasteiger partial charge is 0.204 e. The molecule has 2 aliphatic rings. The molecule has 0 aromatic heterocycles. The lowest BCUT2D eigenvalue weighted by Crippen LogP contribution is -2.46. The van der Waals surface area contributed by atoms with Crippen LogP contribution in [0.1, 0.15) is 25.3 Å².